The van der Waals surface area contributed by atoms with Crippen molar-refractivity contribution in [1.82, 2.24) is 4.90 Å². The molecular weight excluding hydrogens is 369 g/mol. The lowest BCUT2D eigenvalue weighted by atomic mass is 9.80. The van der Waals surface area contributed by atoms with Gasteiger partial charge in [-0.25, -0.2) is 0 Å². The smallest absolute Gasteiger partial charge is 0.225 e. The van der Waals surface area contributed by atoms with Gasteiger partial charge in [0.25, 0.3) is 0 Å². The fraction of sp³-hybridized carbons (Fsp3) is 0.867. The summed E-state index contributed by atoms with van der Waals surface area (Å²) in [7, 11) is 1.75. The summed E-state index contributed by atoms with van der Waals surface area (Å²) in [6.45, 7) is 3.48. The Labute approximate surface area is 134 Å². The van der Waals surface area contributed by atoms with Crippen molar-refractivity contribution >= 4 is 32.3 Å². The van der Waals surface area contributed by atoms with Crippen LogP contribution in [0.5, 0.6) is 0 Å². The van der Waals surface area contributed by atoms with E-state index in [4.69, 9.17) is 4.74 Å². The maximum Gasteiger partial charge on any atom is 0.225 e. The first-order valence-corrected chi connectivity index (χ1v) is 8.55. The number of likely N-dealkylation sites (tertiary alicyclic amines) is 1. The van der Waals surface area contributed by atoms with Crippen molar-refractivity contribution in [2.45, 2.75) is 51.6 Å². The molecule has 1 heterocycles. The van der Waals surface area contributed by atoms with Gasteiger partial charge in [0.1, 0.15) is 0 Å². The molecule has 0 aromatic rings. The number of carbonyl (C=O) groups excluding carboxylic acids is 2. The van der Waals surface area contributed by atoms with E-state index < -0.39 is 0 Å². The number of carbonyl (C=O) groups is 2. The van der Waals surface area contributed by atoms with Gasteiger partial charge in [-0.2, -0.15) is 0 Å². The van der Waals surface area contributed by atoms with Crippen LogP contribution in [0.1, 0.15) is 45.4 Å². The minimum absolute atomic E-state index is 0.168. The molecule has 0 bridgehead atoms. The molecule has 1 amide bonds. The van der Waals surface area contributed by atoms with E-state index in [1.807, 2.05) is 34.4 Å². The lowest BCUT2D eigenvalue weighted by molar-refractivity contribution is -0.141. The summed E-state index contributed by atoms with van der Waals surface area (Å²) >= 11 is 1.90. The average Bonchev–Trinajstić information content (AvgIpc) is 2.47. The Morgan fingerprint density at radius 3 is 2.15 bits per heavy atom. The summed E-state index contributed by atoms with van der Waals surface area (Å²) in [4.78, 5) is 26.1. The van der Waals surface area contributed by atoms with E-state index in [0.717, 1.165) is 51.6 Å². The second-order valence-electron chi connectivity index (χ2n) is 6.37. The summed E-state index contributed by atoms with van der Waals surface area (Å²) in [6.07, 6.45) is 5.80. The number of amides is 1. The number of rotatable bonds is 3. The number of methoxy groups -OCH3 is 1. The predicted octanol–water partition coefficient (Wildman–Crippen LogP) is 2.78. The van der Waals surface area contributed by atoms with Crippen LogP contribution in [0.3, 0.4) is 0 Å². The normalized spacial score (nSPS) is 30.1. The number of piperidine rings is 1. The summed E-state index contributed by atoms with van der Waals surface area (Å²) in [6, 6.07) is 0. The predicted molar refractivity (Wildman–Crippen MR) is 85.7 cm³/mol. The third-order valence-corrected chi connectivity index (χ3v) is 6.31. The van der Waals surface area contributed by atoms with Gasteiger partial charge in [-0.3, -0.25) is 9.59 Å². The molecule has 1 saturated heterocycles. The number of nitrogens with zero attached hydrogens (tertiary/aromatic N) is 1. The molecule has 0 spiro atoms. The van der Waals surface area contributed by atoms with E-state index in [2.05, 4.69) is 0 Å². The van der Waals surface area contributed by atoms with Crippen LogP contribution in [0.4, 0.5) is 0 Å². The van der Waals surface area contributed by atoms with E-state index in [1.54, 1.807) is 7.11 Å². The highest BCUT2D eigenvalue weighted by molar-refractivity contribution is 14.1. The molecule has 0 N–H and O–H groups in total. The van der Waals surface area contributed by atoms with E-state index in [-0.39, 0.29) is 15.1 Å². The summed E-state index contributed by atoms with van der Waals surface area (Å²) in [5.41, 5.74) is -0.231. The van der Waals surface area contributed by atoms with Gasteiger partial charge >= 0.3 is 0 Å². The van der Waals surface area contributed by atoms with Gasteiger partial charge in [0.05, 0.1) is 6.10 Å². The Kier molecular flexibility index (Phi) is 5.45. The van der Waals surface area contributed by atoms with Crippen LogP contribution in [0, 0.1) is 11.3 Å². The van der Waals surface area contributed by atoms with Crippen molar-refractivity contribution in [1.29, 1.82) is 0 Å². The highest BCUT2D eigenvalue weighted by atomic mass is 127. The summed E-state index contributed by atoms with van der Waals surface area (Å²) < 4.78 is 5.58. The highest BCUT2D eigenvalue weighted by Crippen LogP contribution is 2.35. The molecule has 0 aromatic heterocycles. The third kappa shape index (κ3) is 3.53. The molecular formula is C15H24INO3. The van der Waals surface area contributed by atoms with Gasteiger partial charge < -0.3 is 9.64 Å². The molecule has 114 valence electrons. The molecule has 0 unspecified atom stereocenters. The summed E-state index contributed by atoms with van der Waals surface area (Å²) in [5.74, 6) is 0.462. The standard InChI is InChI=1S/C15H24INO3/c1-15(14(16)19)7-9-17(10-8-15)13(18)11-3-5-12(20-2)6-4-11/h11-12H,3-10H2,1-2H3. The van der Waals surface area contributed by atoms with Crippen LogP contribution < -0.4 is 0 Å². The van der Waals surface area contributed by atoms with Crippen molar-refractivity contribution in [3.05, 3.63) is 0 Å². The Morgan fingerprint density at radius 2 is 1.70 bits per heavy atom. The number of ether oxygens (including phenoxy) is 1. The molecule has 20 heavy (non-hydrogen) atoms. The minimum atomic E-state index is -0.231. The molecule has 1 aliphatic heterocycles. The Hall–Kier alpha value is -0.170. The minimum Gasteiger partial charge on any atom is -0.381 e. The van der Waals surface area contributed by atoms with Crippen molar-refractivity contribution in [2.75, 3.05) is 20.2 Å². The lowest BCUT2D eigenvalue weighted by Crippen LogP contribution is -2.46. The van der Waals surface area contributed by atoms with Gasteiger partial charge in [-0.15, -0.1) is 0 Å². The van der Waals surface area contributed by atoms with Gasteiger partial charge in [-0.05, 0) is 38.5 Å². The summed E-state index contributed by atoms with van der Waals surface area (Å²) in [5, 5.41) is 0. The van der Waals surface area contributed by atoms with Crippen LogP contribution in [0.25, 0.3) is 0 Å². The first kappa shape index (κ1) is 16.2. The molecule has 4 nitrogen and oxygen atoms in total. The molecule has 2 aliphatic rings. The Bertz CT molecular complexity index is 369. The third-order valence-electron chi connectivity index (χ3n) is 5.01. The Morgan fingerprint density at radius 1 is 1.15 bits per heavy atom. The van der Waals surface area contributed by atoms with Gasteiger partial charge in [0.15, 0.2) is 3.79 Å². The molecule has 0 atom stereocenters. The number of halogens is 1. The SMILES string of the molecule is COC1CCC(C(=O)N2CCC(C)(C(=O)I)CC2)CC1. The fourth-order valence-corrected chi connectivity index (χ4v) is 3.76. The van der Waals surface area contributed by atoms with Crippen LogP contribution >= 0.6 is 22.6 Å². The first-order valence-electron chi connectivity index (χ1n) is 7.48. The van der Waals surface area contributed by atoms with Crippen LogP contribution in [0.15, 0.2) is 0 Å². The zero-order valence-electron chi connectivity index (χ0n) is 12.4. The maximum atomic E-state index is 12.5. The topological polar surface area (TPSA) is 46.6 Å². The quantitative estimate of drug-likeness (QED) is 0.547. The lowest BCUT2D eigenvalue weighted by Gasteiger charge is -2.39. The van der Waals surface area contributed by atoms with Gasteiger partial charge in [0.2, 0.25) is 5.91 Å². The van der Waals surface area contributed by atoms with Crippen molar-refractivity contribution < 1.29 is 14.3 Å². The zero-order valence-corrected chi connectivity index (χ0v) is 14.5. The monoisotopic (exact) mass is 393 g/mol. The number of hydrogen-bond acceptors (Lipinski definition) is 3. The molecule has 2 fully saturated rings. The van der Waals surface area contributed by atoms with E-state index in [9.17, 15) is 9.59 Å². The van der Waals surface area contributed by atoms with E-state index in [0.29, 0.717) is 12.0 Å². The molecule has 1 saturated carbocycles. The second kappa shape index (κ2) is 6.73. The molecule has 2 rings (SSSR count). The number of hydrogen-bond donors (Lipinski definition) is 0. The molecule has 0 radical (unpaired) electrons. The second-order valence-corrected chi connectivity index (χ2v) is 7.35. The van der Waals surface area contributed by atoms with Gasteiger partial charge in [0, 0.05) is 54.1 Å². The largest absolute Gasteiger partial charge is 0.381 e. The average molecular weight is 393 g/mol. The molecule has 1 aliphatic carbocycles. The van der Waals surface area contributed by atoms with Gasteiger partial charge in [-0.1, -0.05) is 6.92 Å². The highest BCUT2D eigenvalue weighted by Gasteiger charge is 2.38. The Balaban J connectivity index is 1.85. The van der Waals surface area contributed by atoms with Crippen LogP contribution in [-0.2, 0) is 14.3 Å². The fourth-order valence-electron chi connectivity index (χ4n) is 3.22. The van der Waals surface area contributed by atoms with Crippen molar-refractivity contribution in [3.8, 4) is 0 Å². The zero-order chi connectivity index (χ0) is 14.8. The van der Waals surface area contributed by atoms with E-state index in [1.165, 1.54) is 0 Å². The van der Waals surface area contributed by atoms with Crippen LogP contribution in [-0.4, -0.2) is 40.9 Å². The van der Waals surface area contributed by atoms with E-state index >= 15 is 0 Å². The van der Waals surface area contributed by atoms with Crippen LogP contribution in [0.2, 0.25) is 0 Å². The molecule has 0 aromatic carbocycles. The first-order chi connectivity index (χ1) is 9.46. The van der Waals surface area contributed by atoms with Crippen molar-refractivity contribution in [3.63, 3.8) is 0 Å². The van der Waals surface area contributed by atoms with Crippen molar-refractivity contribution in [2.24, 2.45) is 11.3 Å². The maximum absolute atomic E-state index is 12.5. The molecule has 5 heteroatoms.